The van der Waals surface area contributed by atoms with Crippen LogP contribution in [0.5, 0.6) is 0 Å². The SMILES string of the molecule is CCCCCCCCCCCCCCCCCCCCCC(=O)N[C@@H](COC1OC(CO)C(O)C(O)C1O)[C@H](O)[C@H](O)CCCCCC. The van der Waals surface area contributed by atoms with Crippen molar-refractivity contribution >= 4 is 5.91 Å². The maximum atomic E-state index is 12.8. The first kappa shape index (κ1) is 45.2. The third kappa shape index (κ3) is 20.7. The van der Waals surface area contributed by atoms with Gasteiger partial charge in [0.05, 0.1) is 25.4 Å². The molecule has 48 heavy (non-hydrogen) atoms. The Kier molecular flexibility index (Phi) is 28.1. The zero-order valence-corrected chi connectivity index (χ0v) is 30.6. The monoisotopic (exact) mass is 690 g/mol. The van der Waals surface area contributed by atoms with Crippen molar-refractivity contribution in [2.45, 2.75) is 223 Å². The van der Waals surface area contributed by atoms with E-state index in [2.05, 4.69) is 19.2 Å². The van der Waals surface area contributed by atoms with Crippen molar-refractivity contribution in [3.8, 4) is 0 Å². The Bertz CT molecular complexity index is 743. The molecule has 0 radical (unpaired) electrons. The van der Waals surface area contributed by atoms with Crippen molar-refractivity contribution in [2.75, 3.05) is 13.2 Å². The zero-order chi connectivity index (χ0) is 35.4. The number of amides is 1. The molecule has 5 unspecified atom stereocenters. The lowest BCUT2D eigenvalue weighted by atomic mass is 9.98. The summed E-state index contributed by atoms with van der Waals surface area (Å²) >= 11 is 0. The first-order valence-corrected chi connectivity index (χ1v) is 19.8. The summed E-state index contributed by atoms with van der Waals surface area (Å²) in [5.41, 5.74) is 0. The summed E-state index contributed by atoms with van der Waals surface area (Å²) in [5, 5.41) is 64.2. The molecule has 1 aliphatic rings. The molecule has 286 valence electrons. The molecule has 0 aromatic rings. The molecule has 10 nitrogen and oxygen atoms in total. The minimum atomic E-state index is -1.60. The fourth-order valence-electron chi connectivity index (χ4n) is 6.49. The number of aliphatic hydroxyl groups excluding tert-OH is 6. The fourth-order valence-corrected chi connectivity index (χ4v) is 6.49. The normalized spacial score (nSPS) is 23.2. The lowest BCUT2D eigenvalue weighted by Crippen LogP contribution is -2.60. The van der Waals surface area contributed by atoms with Crippen molar-refractivity contribution in [1.82, 2.24) is 5.32 Å². The molecule has 1 amide bonds. The molecule has 0 aliphatic carbocycles. The van der Waals surface area contributed by atoms with Crippen LogP contribution in [0.3, 0.4) is 0 Å². The lowest BCUT2D eigenvalue weighted by Gasteiger charge is -2.40. The van der Waals surface area contributed by atoms with Crippen LogP contribution in [0.2, 0.25) is 0 Å². The number of carbonyl (C=O) groups excluding carboxylic acids is 1. The number of ether oxygens (including phenoxy) is 2. The molecule has 0 aromatic carbocycles. The van der Waals surface area contributed by atoms with Crippen LogP contribution in [0.15, 0.2) is 0 Å². The molecule has 0 spiro atoms. The maximum absolute atomic E-state index is 12.8. The van der Waals surface area contributed by atoms with E-state index >= 15 is 0 Å². The quantitative estimate of drug-likeness (QED) is 0.0432. The van der Waals surface area contributed by atoms with Gasteiger partial charge in [-0.3, -0.25) is 4.79 Å². The van der Waals surface area contributed by atoms with Crippen molar-refractivity contribution in [3.63, 3.8) is 0 Å². The predicted molar refractivity (Wildman–Crippen MR) is 190 cm³/mol. The van der Waals surface area contributed by atoms with Gasteiger partial charge in [-0.25, -0.2) is 0 Å². The molecule has 0 aromatic heterocycles. The molecular formula is C38H75NO9. The smallest absolute Gasteiger partial charge is 0.220 e. The van der Waals surface area contributed by atoms with Crippen LogP contribution in [0.1, 0.15) is 174 Å². The van der Waals surface area contributed by atoms with Crippen molar-refractivity contribution in [3.05, 3.63) is 0 Å². The summed E-state index contributed by atoms with van der Waals surface area (Å²) in [6, 6.07) is -0.980. The highest BCUT2D eigenvalue weighted by Crippen LogP contribution is 2.23. The van der Waals surface area contributed by atoms with Crippen LogP contribution >= 0.6 is 0 Å². The van der Waals surface area contributed by atoms with Gasteiger partial charge in [-0.1, -0.05) is 155 Å². The van der Waals surface area contributed by atoms with Gasteiger partial charge in [-0.05, 0) is 12.8 Å². The molecule has 1 aliphatic heterocycles. The fraction of sp³-hybridized carbons (Fsp3) is 0.974. The van der Waals surface area contributed by atoms with E-state index < -0.39 is 55.6 Å². The summed E-state index contributed by atoms with van der Waals surface area (Å²) in [5.74, 6) is -0.262. The van der Waals surface area contributed by atoms with E-state index in [1.165, 1.54) is 103 Å². The van der Waals surface area contributed by atoms with Crippen LogP contribution < -0.4 is 5.32 Å². The second-order valence-corrected chi connectivity index (χ2v) is 14.2. The molecule has 7 N–H and O–H groups in total. The lowest BCUT2D eigenvalue weighted by molar-refractivity contribution is -0.303. The van der Waals surface area contributed by atoms with Gasteiger partial charge >= 0.3 is 0 Å². The first-order chi connectivity index (χ1) is 23.3. The Balaban J connectivity index is 2.28. The first-order valence-electron chi connectivity index (χ1n) is 19.8. The Morgan fingerprint density at radius 3 is 1.54 bits per heavy atom. The highest BCUT2D eigenvalue weighted by atomic mass is 16.7. The summed E-state index contributed by atoms with van der Waals surface area (Å²) in [6.45, 7) is 3.46. The average molecular weight is 690 g/mol. The summed E-state index contributed by atoms with van der Waals surface area (Å²) < 4.78 is 11.0. The number of hydrogen-bond donors (Lipinski definition) is 7. The second-order valence-electron chi connectivity index (χ2n) is 14.2. The van der Waals surface area contributed by atoms with E-state index in [1.54, 1.807) is 0 Å². The highest BCUT2D eigenvalue weighted by Gasteiger charge is 2.44. The van der Waals surface area contributed by atoms with E-state index in [4.69, 9.17) is 9.47 Å². The van der Waals surface area contributed by atoms with Crippen LogP contribution in [0.4, 0.5) is 0 Å². The number of rotatable bonds is 32. The molecular weight excluding hydrogens is 614 g/mol. The van der Waals surface area contributed by atoms with Crippen LogP contribution in [0, 0.1) is 0 Å². The van der Waals surface area contributed by atoms with E-state index in [0.29, 0.717) is 6.42 Å². The van der Waals surface area contributed by atoms with Crippen LogP contribution in [-0.4, -0.2) is 98.7 Å². The Hall–Kier alpha value is -0.850. The predicted octanol–water partition coefficient (Wildman–Crippen LogP) is 5.80. The van der Waals surface area contributed by atoms with E-state index in [9.17, 15) is 35.4 Å². The third-order valence-electron chi connectivity index (χ3n) is 9.80. The van der Waals surface area contributed by atoms with Crippen LogP contribution in [-0.2, 0) is 14.3 Å². The summed E-state index contributed by atoms with van der Waals surface area (Å²) in [6.07, 6.45) is 19.0. The van der Waals surface area contributed by atoms with Crippen molar-refractivity contribution < 1.29 is 44.9 Å². The topological polar surface area (TPSA) is 169 Å². The summed E-state index contributed by atoms with van der Waals surface area (Å²) in [7, 11) is 0. The maximum Gasteiger partial charge on any atom is 0.220 e. The number of aliphatic hydroxyl groups is 6. The van der Waals surface area contributed by atoms with Gasteiger partial charge in [0.2, 0.25) is 5.91 Å². The van der Waals surface area contributed by atoms with Gasteiger partial charge in [-0.2, -0.15) is 0 Å². The highest BCUT2D eigenvalue weighted by molar-refractivity contribution is 5.76. The zero-order valence-electron chi connectivity index (χ0n) is 30.6. The van der Waals surface area contributed by atoms with Gasteiger partial charge in [0.1, 0.15) is 30.5 Å². The number of nitrogens with one attached hydrogen (secondary N) is 1. The minimum Gasteiger partial charge on any atom is -0.394 e. The molecule has 1 rings (SSSR count). The number of unbranched alkanes of at least 4 members (excludes halogenated alkanes) is 21. The molecule has 0 saturated carbocycles. The Labute approximate surface area is 292 Å². The van der Waals surface area contributed by atoms with Crippen molar-refractivity contribution in [2.24, 2.45) is 0 Å². The van der Waals surface area contributed by atoms with E-state index in [0.717, 1.165) is 44.9 Å². The number of hydrogen-bond acceptors (Lipinski definition) is 9. The number of carbonyl (C=O) groups is 1. The van der Waals surface area contributed by atoms with E-state index in [-0.39, 0.29) is 18.9 Å². The Morgan fingerprint density at radius 2 is 1.08 bits per heavy atom. The average Bonchev–Trinajstić information content (AvgIpc) is 3.08. The molecule has 10 heteroatoms. The molecule has 0 bridgehead atoms. The van der Waals surface area contributed by atoms with Gasteiger partial charge in [-0.15, -0.1) is 0 Å². The van der Waals surface area contributed by atoms with E-state index in [1.807, 2.05) is 0 Å². The minimum absolute atomic E-state index is 0.262. The van der Waals surface area contributed by atoms with Gasteiger partial charge in [0.25, 0.3) is 0 Å². The Morgan fingerprint density at radius 1 is 0.646 bits per heavy atom. The standard InChI is InChI=1S/C38H75NO9/c1-3-5-7-9-10-11-12-13-14-15-16-17-18-19-20-21-22-23-25-27-33(42)39-30(34(43)31(41)26-24-8-6-4-2)29-47-38-37(46)36(45)35(44)32(28-40)48-38/h30-32,34-38,40-41,43-46H,3-29H2,1-2H3,(H,39,42)/t30-,31+,32?,34-,35?,36?,37?,38?/m0/s1. The van der Waals surface area contributed by atoms with Crippen LogP contribution in [0.25, 0.3) is 0 Å². The van der Waals surface area contributed by atoms with Crippen molar-refractivity contribution in [1.29, 1.82) is 0 Å². The van der Waals surface area contributed by atoms with Gasteiger partial charge < -0.3 is 45.4 Å². The third-order valence-corrected chi connectivity index (χ3v) is 9.80. The molecule has 8 atom stereocenters. The molecule has 1 fully saturated rings. The summed E-state index contributed by atoms with van der Waals surface area (Å²) in [4.78, 5) is 12.8. The second kappa shape index (κ2) is 29.8. The largest absolute Gasteiger partial charge is 0.394 e. The molecule has 1 saturated heterocycles. The molecule has 1 heterocycles. The van der Waals surface area contributed by atoms with Gasteiger partial charge in [0.15, 0.2) is 6.29 Å². The van der Waals surface area contributed by atoms with Gasteiger partial charge in [0, 0.05) is 6.42 Å².